The van der Waals surface area contributed by atoms with Gasteiger partial charge in [-0.1, -0.05) is 70.8 Å². The van der Waals surface area contributed by atoms with Gasteiger partial charge < -0.3 is 9.47 Å². The zero-order valence-electron chi connectivity index (χ0n) is 29.0. The maximum absolute atomic E-state index is 13.7. The molecule has 4 unspecified atom stereocenters. The molecule has 0 saturated carbocycles. The van der Waals surface area contributed by atoms with Crippen LogP contribution in [0.4, 0.5) is 0 Å². The van der Waals surface area contributed by atoms with Crippen LogP contribution < -0.4 is 0 Å². The van der Waals surface area contributed by atoms with Crippen molar-refractivity contribution in [3.05, 3.63) is 119 Å². The van der Waals surface area contributed by atoms with Gasteiger partial charge in [-0.15, -0.1) is 0 Å². The Kier molecular flexibility index (Phi) is 12.6. The summed E-state index contributed by atoms with van der Waals surface area (Å²) in [6.07, 6.45) is -7.13. The molecule has 1 saturated heterocycles. The molecule has 0 bridgehead atoms. The number of hydrogen-bond acceptors (Lipinski definition) is 14. The zero-order chi connectivity index (χ0) is 38.6. The van der Waals surface area contributed by atoms with Gasteiger partial charge in [-0.3, -0.25) is 16.7 Å². The number of ether oxygens (including phenoxy) is 2. The average Bonchev–Trinajstić information content (AvgIpc) is 3.10. The summed E-state index contributed by atoms with van der Waals surface area (Å²) >= 11 is 0. The van der Waals surface area contributed by atoms with Crippen LogP contribution in [0.5, 0.6) is 0 Å². The fraction of sp³-hybridized carbons (Fsp3) is 0.314. The third kappa shape index (κ3) is 10.4. The van der Waals surface area contributed by atoms with E-state index < -0.39 is 84.9 Å². The molecule has 0 spiro atoms. The molecule has 286 valence electrons. The van der Waals surface area contributed by atoms with Crippen LogP contribution in [-0.4, -0.2) is 78.1 Å². The van der Waals surface area contributed by atoms with Crippen LogP contribution in [0.1, 0.15) is 22.3 Å². The second-order valence-corrected chi connectivity index (χ2v) is 18.7. The Morgan fingerprint density at radius 1 is 0.528 bits per heavy atom. The first-order chi connectivity index (χ1) is 24.9. The van der Waals surface area contributed by atoms with E-state index >= 15 is 0 Å². The van der Waals surface area contributed by atoms with E-state index in [-0.39, 0.29) is 19.6 Å². The first-order valence-electron chi connectivity index (χ1n) is 16.0. The molecule has 14 nitrogen and oxygen atoms in total. The Hall–Kier alpha value is -3.56. The minimum atomic E-state index is -4.71. The third-order valence-corrected chi connectivity index (χ3v) is 13.4. The van der Waals surface area contributed by atoms with Crippen molar-refractivity contribution in [3.63, 3.8) is 0 Å². The number of hydrogen-bond donors (Lipinski definition) is 0. The summed E-state index contributed by atoms with van der Waals surface area (Å²) < 4.78 is 140. The maximum Gasteiger partial charge on any atom is 0.297 e. The molecule has 53 heavy (non-hydrogen) atoms. The first kappa shape index (κ1) is 40.6. The van der Waals surface area contributed by atoms with Crippen LogP contribution in [-0.2, 0) is 66.7 Å². The average molecular weight is 811 g/mol. The Balaban J connectivity index is 1.53. The Morgan fingerprint density at radius 2 is 0.906 bits per heavy atom. The lowest BCUT2D eigenvalue weighted by Gasteiger charge is -2.39. The van der Waals surface area contributed by atoms with Gasteiger partial charge in [0.05, 0.1) is 32.8 Å². The zero-order valence-corrected chi connectivity index (χ0v) is 32.3. The minimum Gasteiger partial charge on any atom is -0.347 e. The van der Waals surface area contributed by atoms with Crippen LogP contribution in [0.25, 0.3) is 0 Å². The van der Waals surface area contributed by atoms with Crippen molar-refractivity contribution in [1.29, 1.82) is 0 Å². The summed E-state index contributed by atoms with van der Waals surface area (Å²) in [6.45, 7) is 4.46. The van der Waals surface area contributed by atoms with Crippen LogP contribution in [0.2, 0.25) is 0 Å². The Morgan fingerprint density at radius 3 is 1.34 bits per heavy atom. The molecule has 5 rings (SSSR count). The number of aryl methyl sites for hydroxylation is 4. The Bertz CT molecular complexity index is 2310. The van der Waals surface area contributed by atoms with E-state index in [1.807, 2.05) is 0 Å². The van der Waals surface area contributed by atoms with E-state index in [4.69, 9.17) is 26.2 Å². The molecule has 1 fully saturated rings. The standard InChI is InChI=1S/C35H38O14S4/c1-24-5-13-28(14-6-24)50(36,37)46-21-32-35(49-53(42,43)31-19-11-27(4)12-20-31)34(45-23-44-32)33(48-52(40,41)30-17-9-26(3)10-18-30)22-47-51(38,39)29-15-7-25(2)8-16-29/h5-20,32-35H,21-23H2,1-4H3. The SMILES string of the molecule is Cc1ccc(S(=O)(=O)OCC(OS(=O)(=O)c2ccc(C)cc2)C2OCOC(COS(=O)(=O)c3ccc(C)cc3)C2OS(=O)(=O)c2ccc(C)cc2)cc1. The highest BCUT2D eigenvalue weighted by molar-refractivity contribution is 7.87. The van der Waals surface area contributed by atoms with Gasteiger partial charge >= 0.3 is 0 Å². The van der Waals surface area contributed by atoms with Crippen molar-refractivity contribution in [3.8, 4) is 0 Å². The molecule has 4 aromatic rings. The minimum absolute atomic E-state index is 0.198. The fourth-order valence-electron chi connectivity index (χ4n) is 5.05. The van der Waals surface area contributed by atoms with Gasteiger partial charge in [0.15, 0.2) is 0 Å². The van der Waals surface area contributed by atoms with Crippen molar-refractivity contribution in [2.45, 2.75) is 71.7 Å². The molecule has 1 aliphatic rings. The lowest BCUT2D eigenvalue weighted by atomic mass is 10.0. The molecule has 0 aromatic heterocycles. The van der Waals surface area contributed by atoms with E-state index in [1.54, 1.807) is 39.8 Å². The lowest BCUT2D eigenvalue weighted by Crippen LogP contribution is -2.57. The molecule has 4 atom stereocenters. The smallest absolute Gasteiger partial charge is 0.297 e. The van der Waals surface area contributed by atoms with Crippen LogP contribution in [0.15, 0.2) is 117 Å². The van der Waals surface area contributed by atoms with Gasteiger partial charge in [0, 0.05) is 0 Å². The van der Waals surface area contributed by atoms with Crippen molar-refractivity contribution >= 4 is 40.5 Å². The van der Waals surface area contributed by atoms with Gasteiger partial charge in [0.2, 0.25) is 0 Å². The topological polar surface area (TPSA) is 192 Å². The highest BCUT2D eigenvalue weighted by Gasteiger charge is 2.47. The molecule has 1 heterocycles. The molecule has 0 radical (unpaired) electrons. The van der Waals surface area contributed by atoms with Gasteiger partial charge in [-0.2, -0.15) is 33.7 Å². The van der Waals surface area contributed by atoms with E-state index in [9.17, 15) is 33.7 Å². The third-order valence-electron chi connectivity index (χ3n) is 8.10. The van der Waals surface area contributed by atoms with Crippen LogP contribution in [0, 0.1) is 27.7 Å². The molecular weight excluding hydrogens is 773 g/mol. The number of benzene rings is 4. The molecule has 18 heteroatoms. The highest BCUT2D eigenvalue weighted by Crippen LogP contribution is 2.30. The maximum atomic E-state index is 13.7. The van der Waals surface area contributed by atoms with Crippen molar-refractivity contribution in [1.82, 2.24) is 0 Å². The van der Waals surface area contributed by atoms with Crippen molar-refractivity contribution in [2.24, 2.45) is 0 Å². The molecule has 1 aliphatic heterocycles. The van der Waals surface area contributed by atoms with Gasteiger partial charge in [0.1, 0.15) is 31.2 Å². The highest BCUT2D eigenvalue weighted by atomic mass is 32.2. The Labute approximate surface area is 310 Å². The summed E-state index contributed by atoms with van der Waals surface area (Å²) in [5.41, 5.74) is 3.02. The van der Waals surface area contributed by atoms with E-state index in [2.05, 4.69) is 0 Å². The summed E-state index contributed by atoms with van der Waals surface area (Å²) in [5, 5.41) is 0. The quantitative estimate of drug-likeness (QED) is 0.154. The fourth-order valence-corrected chi connectivity index (χ4v) is 9.07. The van der Waals surface area contributed by atoms with Crippen LogP contribution >= 0.6 is 0 Å². The van der Waals surface area contributed by atoms with Crippen molar-refractivity contribution < 1.29 is 59.9 Å². The molecule has 0 N–H and O–H groups in total. The second-order valence-electron chi connectivity index (χ2n) is 12.3. The molecule has 0 aliphatic carbocycles. The largest absolute Gasteiger partial charge is 0.347 e. The second kappa shape index (κ2) is 16.4. The van der Waals surface area contributed by atoms with Crippen molar-refractivity contribution in [2.75, 3.05) is 20.0 Å². The summed E-state index contributed by atoms with van der Waals surface area (Å²) in [7, 11) is -18.4. The summed E-state index contributed by atoms with van der Waals surface area (Å²) in [4.78, 5) is -1.06. The van der Waals surface area contributed by atoms with E-state index in [0.29, 0.717) is 0 Å². The summed E-state index contributed by atoms with van der Waals surface area (Å²) in [5.74, 6) is 0. The van der Waals surface area contributed by atoms with Gasteiger partial charge in [-0.05, 0) is 76.2 Å². The van der Waals surface area contributed by atoms with E-state index in [1.165, 1.54) is 84.9 Å². The van der Waals surface area contributed by atoms with E-state index in [0.717, 1.165) is 22.3 Å². The van der Waals surface area contributed by atoms with Gasteiger partial charge in [0.25, 0.3) is 40.5 Å². The summed E-state index contributed by atoms with van der Waals surface area (Å²) in [6, 6.07) is 22.5. The molecule has 4 aromatic carbocycles. The van der Waals surface area contributed by atoms with Crippen LogP contribution in [0.3, 0.4) is 0 Å². The number of rotatable bonds is 15. The predicted octanol–water partition coefficient (Wildman–Crippen LogP) is 4.32. The van der Waals surface area contributed by atoms with Gasteiger partial charge in [-0.25, -0.2) is 0 Å². The normalized spacial score (nSPS) is 19.1. The predicted molar refractivity (Wildman–Crippen MR) is 190 cm³/mol. The first-order valence-corrected chi connectivity index (χ1v) is 21.6. The molecular formula is C35H38O14S4. The molecule has 0 amide bonds. The lowest BCUT2D eigenvalue weighted by molar-refractivity contribution is -0.247. The monoisotopic (exact) mass is 810 g/mol.